The molecule has 1 aromatic carbocycles. The van der Waals surface area contributed by atoms with E-state index < -0.39 is 0 Å². The smallest absolute Gasteiger partial charge is 0.197 e. The molecule has 90 valence electrons. The first kappa shape index (κ1) is 12.4. The number of hydrogen-bond acceptors (Lipinski definition) is 5. The van der Waals surface area contributed by atoms with Crippen LogP contribution in [0.3, 0.4) is 0 Å². The molecule has 2 aromatic rings. The fourth-order valence-electron chi connectivity index (χ4n) is 1.18. The topological polar surface area (TPSA) is 60.2 Å². The normalized spacial score (nSPS) is 10.3. The number of ether oxygens (including phenoxy) is 1. The Morgan fingerprint density at radius 2 is 2.24 bits per heavy atom. The van der Waals surface area contributed by atoms with Crippen molar-refractivity contribution in [3.63, 3.8) is 0 Å². The molecule has 0 radical (unpaired) electrons. The first-order chi connectivity index (χ1) is 8.19. The van der Waals surface area contributed by atoms with Crippen molar-refractivity contribution in [2.75, 3.05) is 5.43 Å². The van der Waals surface area contributed by atoms with E-state index in [0.29, 0.717) is 27.5 Å². The van der Waals surface area contributed by atoms with E-state index in [1.165, 1.54) is 11.3 Å². The zero-order chi connectivity index (χ0) is 12.3. The van der Waals surface area contributed by atoms with Gasteiger partial charge in [0.25, 0.3) is 0 Å². The van der Waals surface area contributed by atoms with Gasteiger partial charge in [-0.15, -0.1) is 0 Å². The molecule has 0 saturated carbocycles. The Labute approximate surface area is 112 Å². The summed E-state index contributed by atoms with van der Waals surface area (Å²) < 4.78 is 5.55. The number of nitrogens with two attached hydrogens (primary N) is 1. The van der Waals surface area contributed by atoms with Crippen molar-refractivity contribution in [1.82, 2.24) is 4.98 Å². The largest absolute Gasteiger partial charge is 0.486 e. The molecule has 3 N–H and O–H groups in total. The lowest BCUT2D eigenvalue weighted by Crippen LogP contribution is -2.05. The molecular weight excluding hydrogens is 281 g/mol. The van der Waals surface area contributed by atoms with Gasteiger partial charge in [-0.2, -0.15) is 0 Å². The third kappa shape index (κ3) is 3.23. The van der Waals surface area contributed by atoms with Gasteiger partial charge in [0.2, 0.25) is 0 Å². The van der Waals surface area contributed by atoms with Crippen LogP contribution in [0.4, 0.5) is 5.13 Å². The van der Waals surface area contributed by atoms with Crippen LogP contribution >= 0.6 is 34.5 Å². The highest BCUT2D eigenvalue weighted by atomic mass is 35.5. The summed E-state index contributed by atoms with van der Waals surface area (Å²) in [4.78, 5) is 4.97. The Bertz CT molecular complexity index is 518. The average molecular weight is 290 g/mol. The highest BCUT2D eigenvalue weighted by molar-refractivity contribution is 7.15. The minimum Gasteiger partial charge on any atom is -0.486 e. The lowest BCUT2D eigenvalue weighted by atomic mass is 10.3. The van der Waals surface area contributed by atoms with Gasteiger partial charge in [0.05, 0.1) is 9.90 Å². The average Bonchev–Trinajstić information content (AvgIpc) is 2.78. The van der Waals surface area contributed by atoms with Crippen LogP contribution in [0.15, 0.2) is 24.4 Å². The molecule has 1 heterocycles. The van der Waals surface area contributed by atoms with Crippen molar-refractivity contribution in [2.24, 2.45) is 5.84 Å². The molecule has 0 aliphatic rings. The number of anilines is 1. The molecule has 1 aromatic heterocycles. The number of benzene rings is 1. The zero-order valence-electron chi connectivity index (χ0n) is 8.61. The Kier molecular flexibility index (Phi) is 4.06. The minimum atomic E-state index is 0.374. The molecule has 0 saturated heterocycles. The Hall–Kier alpha value is -1.01. The number of nitrogens with zero attached hydrogens (tertiary/aromatic N) is 1. The second-order valence-corrected chi connectivity index (χ2v) is 5.10. The lowest BCUT2D eigenvalue weighted by Gasteiger charge is -2.06. The first-order valence-electron chi connectivity index (χ1n) is 4.68. The van der Waals surface area contributed by atoms with Crippen molar-refractivity contribution in [2.45, 2.75) is 6.61 Å². The van der Waals surface area contributed by atoms with Crippen LogP contribution < -0.4 is 16.0 Å². The van der Waals surface area contributed by atoms with E-state index in [9.17, 15) is 0 Å². The predicted octanol–water partition coefficient (Wildman–Crippen LogP) is 3.31. The van der Waals surface area contributed by atoms with Crippen LogP contribution in [-0.4, -0.2) is 4.98 Å². The van der Waals surface area contributed by atoms with Crippen LogP contribution in [0.5, 0.6) is 5.75 Å². The van der Waals surface area contributed by atoms with Gasteiger partial charge in [-0.25, -0.2) is 10.8 Å². The summed E-state index contributed by atoms with van der Waals surface area (Å²) in [5.41, 5.74) is 2.47. The van der Waals surface area contributed by atoms with Crippen molar-refractivity contribution < 1.29 is 4.74 Å². The number of halogens is 2. The molecule has 0 spiro atoms. The van der Waals surface area contributed by atoms with Crippen molar-refractivity contribution >= 4 is 39.7 Å². The third-order valence-electron chi connectivity index (χ3n) is 1.94. The Morgan fingerprint density at radius 1 is 1.41 bits per heavy atom. The van der Waals surface area contributed by atoms with E-state index in [0.717, 1.165) is 4.88 Å². The van der Waals surface area contributed by atoms with E-state index in [2.05, 4.69) is 10.4 Å². The quantitative estimate of drug-likeness (QED) is 0.670. The molecule has 0 atom stereocenters. The van der Waals surface area contributed by atoms with E-state index in [4.69, 9.17) is 33.8 Å². The fraction of sp³-hybridized carbons (Fsp3) is 0.100. The third-order valence-corrected chi connectivity index (χ3v) is 3.39. The maximum absolute atomic E-state index is 5.97. The van der Waals surface area contributed by atoms with E-state index in [1.807, 2.05) is 0 Å². The van der Waals surface area contributed by atoms with Gasteiger partial charge in [-0.3, -0.25) is 5.43 Å². The molecular formula is C10H9Cl2N3OS. The second kappa shape index (κ2) is 5.55. The van der Waals surface area contributed by atoms with Gasteiger partial charge in [0.15, 0.2) is 5.13 Å². The van der Waals surface area contributed by atoms with Crippen LogP contribution in [0.1, 0.15) is 4.88 Å². The molecule has 2 rings (SSSR count). The van der Waals surface area contributed by atoms with Gasteiger partial charge in [0.1, 0.15) is 12.4 Å². The number of nitrogens with one attached hydrogen (secondary N) is 1. The standard InChI is InChI=1S/C10H9Cl2N3OS/c11-6-1-2-8(12)9(3-6)16-5-7-4-14-10(15-13)17-7/h1-4H,5,13H2,(H,14,15). The van der Waals surface area contributed by atoms with Gasteiger partial charge in [-0.1, -0.05) is 34.5 Å². The van der Waals surface area contributed by atoms with E-state index >= 15 is 0 Å². The Balaban J connectivity index is 2.04. The molecule has 0 unspecified atom stereocenters. The minimum absolute atomic E-state index is 0.374. The number of nitrogen functional groups attached to an aromatic ring is 1. The maximum atomic E-state index is 5.97. The van der Waals surface area contributed by atoms with Crippen LogP contribution in [0.2, 0.25) is 10.0 Å². The molecule has 0 bridgehead atoms. The van der Waals surface area contributed by atoms with Crippen molar-refractivity contribution in [3.8, 4) is 5.75 Å². The molecule has 0 aliphatic heterocycles. The summed E-state index contributed by atoms with van der Waals surface area (Å²) in [6, 6.07) is 5.08. The lowest BCUT2D eigenvalue weighted by molar-refractivity contribution is 0.310. The number of aromatic nitrogens is 1. The summed E-state index contributed by atoms with van der Waals surface area (Å²) in [5, 5.41) is 1.75. The SMILES string of the molecule is NNc1ncc(COc2cc(Cl)ccc2Cl)s1. The molecule has 7 heteroatoms. The number of hydrogen-bond donors (Lipinski definition) is 2. The zero-order valence-corrected chi connectivity index (χ0v) is 10.9. The van der Waals surface area contributed by atoms with Gasteiger partial charge < -0.3 is 4.74 Å². The first-order valence-corrected chi connectivity index (χ1v) is 6.25. The number of hydrazine groups is 1. The molecule has 0 fully saturated rings. The summed E-state index contributed by atoms with van der Waals surface area (Å²) >= 11 is 13.2. The molecule has 17 heavy (non-hydrogen) atoms. The van der Waals surface area contributed by atoms with Gasteiger partial charge in [-0.05, 0) is 12.1 Å². The van der Waals surface area contributed by atoms with Crippen LogP contribution in [0.25, 0.3) is 0 Å². The van der Waals surface area contributed by atoms with Crippen LogP contribution in [-0.2, 0) is 6.61 Å². The highest BCUT2D eigenvalue weighted by Gasteiger charge is 2.05. The summed E-state index contributed by atoms with van der Waals surface area (Å²) in [6.45, 7) is 0.374. The number of thiazole rings is 1. The van der Waals surface area contributed by atoms with Crippen LogP contribution in [0, 0.1) is 0 Å². The monoisotopic (exact) mass is 289 g/mol. The van der Waals surface area contributed by atoms with E-state index in [-0.39, 0.29) is 0 Å². The summed E-state index contributed by atoms with van der Waals surface area (Å²) in [6.07, 6.45) is 1.69. The number of rotatable bonds is 4. The fourth-order valence-corrected chi connectivity index (χ4v) is 2.15. The molecule has 0 amide bonds. The Morgan fingerprint density at radius 3 is 2.94 bits per heavy atom. The van der Waals surface area contributed by atoms with Crippen molar-refractivity contribution in [1.29, 1.82) is 0 Å². The highest BCUT2D eigenvalue weighted by Crippen LogP contribution is 2.29. The summed E-state index contributed by atoms with van der Waals surface area (Å²) in [7, 11) is 0. The predicted molar refractivity (Wildman–Crippen MR) is 70.7 cm³/mol. The molecule has 0 aliphatic carbocycles. The summed E-state index contributed by atoms with van der Waals surface area (Å²) in [5.74, 6) is 5.78. The molecule has 4 nitrogen and oxygen atoms in total. The maximum Gasteiger partial charge on any atom is 0.197 e. The van der Waals surface area contributed by atoms with Crippen molar-refractivity contribution in [3.05, 3.63) is 39.3 Å². The van der Waals surface area contributed by atoms with E-state index in [1.54, 1.807) is 24.4 Å². The second-order valence-electron chi connectivity index (χ2n) is 3.14. The van der Waals surface area contributed by atoms with Gasteiger partial charge >= 0.3 is 0 Å². The van der Waals surface area contributed by atoms with Gasteiger partial charge in [0, 0.05) is 17.3 Å².